The maximum atomic E-state index is 13.2. The lowest BCUT2D eigenvalue weighted by molar-refractivity contribution is 0.302. The molecule has 0 fully saturated rings. The molecular weight excluding hydrogens is 432 g/mol. The van der Waals surface area contributed by atoms with Gasteiger partial charge in [-0.15, -0.1) is 0 Å². The van der Waals surface area contributed by atoms with E-state index in [2.05, 4.69) is 0 Å². The average Bonchev–Trinajstić information content (AvgIpc) is 2.85. The average molecular weight is 459 g/mol. The molecule has 0 saturated heterocycles. The minimum absolute atomic E-state index is 0.0654. The van der Waals surface area contributed by atoms with Crippen LogP contribution in [0.4, 0.5) is 0 Å². The van der Waals surface area contributed by atoms with Gasteiger partial charge in [0.25, 0.3) is 0 Å². The SMILES string of the molecule is COc1ccc(-c2oc3cc(OCc4ccccc4)cc(OCC=C(C)C)c3c(=O)c2O)cc1. The van der Waals surface area contributed by atoms with Crippen LogP contribution in [0, 0.1) is 0 Å². The van der Waals surface area contributed by atoms with E-state index in [1.807, 2.05) is 50.3 Å². The maximum Gasteiger partial charge on any atom is 0.238 e. The van der Waals surface area contributed by atoms with E-state index in [1.165, 1.54) is 0 Å². The van der Waals surface area contributed by atoms with Crippen molar-refractivity contribution in [2.24, 2.45) is 0 Å². The zero-order valence-corrected chi connectivity index (χ0v) is 19.3. The summed E-state index contributed by atoms with van der Waals surface area (Å²) in [4.78, 5) is 13.2. The third kappa shape index (κ3) is 5.07. The Morgan fingerprint density at radius 3 is 2.38 bits per heavy atom. The molecule has 0 aliphatic heterocycles. The predicted molar refractivity (Wildman–Crippen MR) is 132 cm³/mol. The topological polar surface area (TPSA) is 78.1 Å². The van der Waals surface area contributed by atoms with Crippen LogP contribution < -0.4 is 19.6 Å². The van der Waals surface area contributed by atoms with Gasteiger partial charge in [0.2, 0.25) is 11.2 Å². The summed E-state index contributed by atoms with van der Waals surface area (Å²) in [5.41, 5.74) is 2.30. The standard InChI is InChI=1S/C28H26O6/c1-18(2)13-14-32-23-15-22(33-17-19-7-5-4-6-8-19)16-24-25(23)26(29)27(30)28(34-24)20-9-11-21(31-3)12-10-20/h4-13,15-16,30H,14,17H2,1-3H3. The zero-order chi connectivity index (χ0) is 24.1. The largest absolute Gasteiger partial charge is 0.502 e. The Balaban J connectivity index is 1.80. The lowest BCUT2D eigenvalue weighted by atomic mass is 10.1. The highest BCUT2D eigenvalue weighted by Crippen LogP contribution is 2.36. The second-order valence-electron chi connectivity index (χ2n) is 8.00. The molecule has 1 heterocycles. The van der Waals surface area contributed by atoms with Gasteiger partial charge in [-0.1, -0.05) is 35.9 Å². The van der Waals surface area contributed by atoms with Crippen LogP contribution in [0.2, 0.25) is 0 Å². The fraction of sp³-hybridized carbons (Fsp3) is 0.179. The van der Waals surface area contributed by atoms with Crippen molar-refractivity contribution in [3.05, 3.63) is 94.2 Å². The first-order valence-corrected chi connectivity index (χ1v) is 10.9. The van der Waals surface area contributed by atoms with E-state index in [-0.39, 0.29) is 29.1 Å². The quantitative estimate of drug-likeness (QED) is 0.322. The Hall–Kier alpha value is -4.19. The summed E-state index contributed by atoms with van der Waals surface area (Å²) in [6.07, 6.45) is 1.90. The van der Waals surface area contributed by atoms with Crippen molar-refractivity contribution in [2.75, 3.05) is 13.7 Å². The van der Waals surface area contributed by atoms with E-state index in [9.17, 15) is 9.90 Å². The molecule has 0 spiro atoms. The number of benzene rings is 3. The van der Waals surface area contributed by atoms with Crippen molar-refractivity contribution in [1.82, 2.24) is 0 Å². The van der Waals surface area contributed by atoms with Crippen molar-refractivity contribution in [3.63, 3.8) is 0 Å². The maximum absolute atomic E-state index is 13.2. The van der Waals surface area contributed by atoms with Gasteiger partial charge < -0.3 is 23.7 Å². The van der Waals surface area contributed by atoms with E-state index in [4.69, 9.17) is 18.6 Å². The lowest BCUT2D eigenvalue weighted by Gasteiger charge is -2.13. The summed E-state index contributed by atoms with van der Waals surface area (Å²) >= 11 is 0. The van der Waals surface area contributed by atoms with Gasteiger partial charge in [0.1, 0.15) is 41.4 Å². The van der Waals surface area contributed by atoms with E-state index in [0.717, 1.165) is 11.1 Å². The van der Waals surface area contributed by atoms with Crippen molar-refractivity contribution in [1.29, 1.82) is 0 Å². The van der Waals surface area contributed by atoms with Crippen LogP contribution in [-0.2, 0) is 6.61 Å². The van der Waals surface area contributed by atoms with Crippen LogP contribution in [0.25, 0.3) is 22.3 Å². The Labute approximate surface area is 197 Å². The molecule has 1 aromatic heterocycles. The molecule has 6 nitrogen and oxygen atoms in total. The molecule has 0 radical (unpaired) electrons. The van der Waals surface area contributed by atoms with Gasteiger partial charge in [-0.3, -0.25) is 4.79 Å². The van der Waals surface area contributed by atoms with Gasteiger partial charge in [-0.05, 0) is 49.8 Å². The van der Waals surface area contributed by atoms with E-state index >= 15 is 0 Å². The number of hydrogen-bond donors (Lipinski definition) is 1. The van der Waals surface area contributed by atoms with Crippen LogP contribution >= 0.6 is 0 Å². The molecular formula is C28H26O6. The Bertz CT molecular complexity index is 1360. The van der Waals surface area contributed by atoms with Crippen LogP contribution in [0.15, 0.2) is 87.6 Å². The number of ether oxygens (including phenoxy) is 3. The Kier molecular flexibility index (Phi) is 6.87. The van der Waals surface area contributed by atoms with Gasteiger partial charge in [0.15, 0.2) is 5.76 Å². The normalized spacial score (nSPS) is 10.7. The Morgan fingerprint density at radius 2 is 1.71 bits per heavy atom. The lowest BCUT2D eigenvalue weighted by Crippen LogP contribution is -2.07. The fourth-order valence-electron chi connectivity index (χ4n) is 3.42. The van der Waals surface area contributed by atoms with Crippen molar-refractivity contribution in [2.45, 2.75) is 20.5 Å². The third-order valence-corrected chi connectivity index (χ3v) is 5.24. The highest BCUT2D eigenvalue weighted by atomic mass is 16.5. The summed E-state index contributed by atoms with van der Waals surface area (Å²) in [7, 11) is 1.57. The minimum Gasteiger partial charge on any atom is -0.502 e. The number of fused-ring (bicyclic) bond motifs is 1. The summed E-state index contributed by atoms with van der Waals surface area (Å²) in [5, 5.41) is 10.9. The highest BCUT2D eigenvalue weighted by Gasteiger charge is 2.20. The molecule has 0 unspecified atom stereocenters. The molecule has 6 heteroatoms. The first-order chi connectivity index (χ1) is 16.5. The van der Waals surface area contributed by atoms with Crippen LogP contribution in [0.5, 0.6) is 23.0 Å². The molecule has 0 aliphatic rings. The summed E-state index contributed by atoms with van der Waals surface area (Å²) in [5.74, 6) is 0.998. The van der Waals surface area contributed by atoms with Crippen LogP contribution in [0.1, 0.15) is 19.4 Å². The van der Waals surface area contributed by atoms with E-state index in [1.54, 1.807) is 43.5 Å². The third-order valence-electron chi connectivity index (χ3n) is 5.24. The van der Waals surface area contributed by atoms with Gasteiger partial charge in [-0.25, -0.2) is 0 Å². The highest BCUT2D eigenvalue weighted by molar-refractivity contribution is 5.88. The van der Waals surface area contributed by atoms with Gasteiger partial charge in [-0.2, -0.15) is 0 Å². The molecule has 3 aromatic carbocycles. The molecule has 1 N–H and O–H groups in total. The number of rotatable bonds is 8. The summed E-state index contributed by atoms with van der Waals surface area (Å²) in [6.45, 7) is 4.53. The van der Waals surface area contributed by atoms with Crippen molar-refractivity contribution in [3.8, 4) is 34.3 Å². The molecule has 0 saturated carbocycles. The van der Waals surface area contributed by atoms with Gasteiger partial charge >= 0.3 is 0 Å². The molecule has 0 atom stereocenters. The minimum atomic E-state index is -0.575. The monoisotopic (exact) mass is 458 g/mol. The zero-order valence-electron chi connectivity index (χ0n) is 19.3. The van der Waals surface area contributed by atoms with Crippen molar-refractivity contribution < 1.29 is 23.7 Å². The smallest absolute Gasteiger partial charge is 0.238 e. The first-order valence-electron chi connectivity index (χ1n) is 10.9. The number of aromatic hydroxyl groups is 1. The van der Waals surface area contributed by atoms with Crippen molar-refractivity contribution >= 4 is 11.0 Å². The van der Waals surface area contributed by atoms with Crippen LogP contribution in [-0.4, -0.2) is 18.8 Å². The molecule has 4 aromatic rings. The van der Waals surface area contributed by atoms with Gasteiger partial charge in [0.05, 0.1) is 7.11 Å². The van der Waals surface area contributed by atoms with E-state index in [0.29, 0.717) is 23.7 Å². The second kappa shape index (κ2) is 10.2. The fourth-order valence-corrected chi connectivity index (χ4v) is 3.42. The number of allylic oxidation sites excluding steroid dienone is 1. The molecule has 174 valence electrons. The van der Waals surface area contributed by atoms with Gasteiger partial charge in [0, 0.05) is 17.7 Å². The molecule has 0 bridgehead atoms. The number of methoxy groups -OCH3 is 1. The summed E-state index contributed by atoms with van der Waals surface area (Å²) in [6, 6.07) is 19.9. The molecule has 0 aliphatic carbocycles. The second-order valence-corrected chi connectivity index (χ2v) is 8.00. The summed E-state index contributed by atoms with van der Waals surface area (Å²) < 4.78 is 23.1. The van der Waals surface area contributed by atoms with Crippen LogP contribution in [0.3, 0.4) is 0 Å². The van der Waals surface area contributed by atoms with E-state index < -0.39 is 11.2 Å². The predicted octanol–water partition coefficient (Wildman–Crippen LogP) is 6.10. The molecule has 4 rings (SSSR count). The first kappa shape index (κ1) is 23.0. The number of hydrogen-bond acceptors (Lipinski definition) is 6. The Morgan fingerprint density at radius 1 is 0.971 bits per heavy atom. The molecule has 34 heavy (non-hydrogen) atoms. The molecule has 0 amide bonds.